The maximum atomic E-state index is 13.1. The summed E-state index contributed by atoms with van der Waals surface area (Å²) in [6.45, 7) is 7.36. The number of aryl methyl sites for hydroxylation is 1. The normalized spacial score (nSPS) is 15.2. The Bertz CT molecular complexity index is 1130. The van der Waals surface area contributed by atoms with Crippen LogP contribution in [0.4, 0.5) is 5.69 Å². The summed E-state index contributed by atoms with van der Waals surface area (Å²) in [5, 5.41) is 7.37. The summed E-state index contributed by atoms with van der Waals surface area (Å²) in [5.41, 5.74) is 2.98. The summed E-state index contributed by atoms with van der Waals surface area (Å²) >= 11 is 0. The van der Waals surface area contributed by atoms with Gasteiger partial charge in [0, 0.05) is 31.9 Å². The van der Waals surface area contributed by atoms with E-state index in [4.69, 9.17) is 0 Å². The van der Waals surface area contributed by atoms with Crippen molar-refractivity contribution in [2.24, 2.45) is 5.92 Å². The molecule has 1 fully saturated rings. The molecule has 1 saturated heterocycles. The Morgan fingerprint density at radius 1 is 1.00 bits per heavy atom. The van der Waals surface area contributed by atoms with E-state index in [9.17, 15) is 9.59 Å². The van der Waals surface area contributed by atoms with Crippen LogP contribution < -0.4 is 15.9 Å². The van der Waals surface area contributed by atoms with Crippen molar-refractivity contribution >= 4 is 11.6 Å². The van der Waals surface area contributed by atoms with E-state index in [0.29, 0.717) is 19.0 Å². The Kier molecular flexibility index (Phi) is 8.40. The fraction of sp³-hybridized carbons (Fsp3) is 0.464. The molecular formula is C28H37N5O2. The first-order valence-corrected chi connectivity index (χ1v) is 12.9. The van der Waals surface area contributed by atoms with E-state index in [2.05, 4.69) is 53.4 Å². The Morgan fingerprint density at radius 3 is 2.34 bits per heavy atom. The first-order valence-electron chi connectivity index (χ1n) is 12.9. The Labute approximate surface area is 207 Å². The van der Waals surface area contributed by atoms with E-state index in [1.165, 1.54) is 4.68 Å². The van der Waals surface area contributed by atoms with Gasteiger partial charge in [-0.15, -0.1) is 0 Å². The van der Waals surface area contributed by atoms with Gasteiger partial charge in [-0.05, 0) is 61.4 Å². The van der Waals surface area contributed by atoms with E-state index < -0.39 is 0 Å². The predicted octanol–water partition coefficient (Wildman–Crippen LogP) is 4.36. The van der Waals surface area contributed by atoms with E-state index in [0.717, 1.165) is 62.1 Å². The predicted molar refractivity (Wildman–Crippen MR) is 140 cm³/mol. The number of carbonyl (C=O) groups excluding carboxylic acids is 1. The first kappa shape index (κ1) is 24.8. The fourth-order valence-corrected chi connectivity index (χ4v) is 4.95. The molecule has 0 radical (unpaired) electrons. The van der Waals surface area contributed by atoms with Gasteiger partial charge in [0.2, 0.25) is 5.91 Å². The van der Waals surface area contributed by atoms with Gasteiger partial charge in [-0.2, -0.15) is 5.10 Å². The van der Waals surface area contributed by atoms with Crippen LogP contribution in [0.25, 0.3) is 5.69 Å². The number of nitrogens with zero attached hydrogens (tertiary/aromatic N) is 4. The number of hydrogen-bond donors (Lipinski definition) is 1. The van der Waals surface area contributed by atoms with Crippen molar-refractivity contribution in [2.45, 2.75) is 58.4 Å². The second kappa shape index (κ2) is 11.9. The fourth-order valence-electron chi connectivity index (χ4n) is 4.95. The van der Waals surface area contributed by atoms with Crippen LogP contribution in [0.3, 0.4) is 0 Å². The number of unbranched alkanes of at least 4 members (excludes halogenated alkanes) is 1. The molecule has 1 aliphatic heterocycles. The molecule has 1 aliphatic rings. The van der Waals surface area contributed by atoms with Gasteiger partial charge in [-0.1, -0.05) is 50.6 Å². The summed E-state index contributed by atoms with van der Waals surface area (Å²) in [4.78, 5) is 28.0. The molecule has 7 heteroatoms. The minimum atomic E-state index is -0.108. The van der Waals surface area contributed by atoms with Crippen LogP contribution >= 0.6 is 0 Å². The van der Waals surface area contributed by atoms with Crippen LogP contribution in [0, 0.1) is 5.92 Å². The lowest BCUT2D eigenvalue weighted by Gasteiger charge is -2.37. The van der Waals surface area contributed by atoms with Crippen LogP contribution in [0.1, 0.15) is 57.4 Å². The number of benzene rings is 2. The van der Waals surface area contributed by atoms with Crippen molar-refractivity contribution in [3.05, 3.63) is 77.0 Å². The summed E-state index contributed by atoms with van der Waals surface area (Å²) in [6.07, 6.45) is 6.44. The lowest BCUT2D eigenvalue weighted by molar-refractivity contribution is -0.124. The van der Waals surface area contributed by atoms with Crippen LogP contribution in [0.5, 0.6) is 0 Å². The number of aromatic nitrogens is 3. The summed E-state index contributed by atoms with van der Waals surface area (Å²) in [7, 11) is 0. The number of nitrogens with one attached hydrogen (secondary N) is 1. The third-order valence-corrected chi connectivity index (χ3v) is 6.95. The van der Waals surface area contributed by atoms with Crippen molar-refractivity contribution < 1.29 is 4.79 Å². The molecule has 1 N–H and O–H groups in total. The minimum Gasteiger partial charge on any atom is -0.372 e. The van der Waals surface area contributed by atoms with Gasteiger partial charge < -0.3 is 10.2 Å². The van der Waals surface area contributed by atoms with E-state index in [1.54, 1.807) is 10.9 Å². The monoisotopic (exact) mass is 475 g/mol. The van der Waals surface area contributed by atoms with Crippen molar-refractivity contribution in [1.29, 1.82) is 0 Å². The molecule has 0 aliphatic carbocycles. The number of piperidine rings is 1. The average molecular weight is 476 g/mol. The molecule has 1 unspecified atom stereocenters. The zero-order valence-corrected chi connectivity index (χ0v) is 20.9. The lowest BCUT2D eigenvalue weighted by Crippen LogP contribution is -2.40. The molecule has 7 nitrogen and oxygen atoms in total. The third-order valence-electron chi connectivity index (χ3n) is 6.95. The van der Waals surface area contributed by atoms with Crippen molar-refractivity contribution in [3.8, 4) is 5.69 Å². The highest BCUT2D eigenvalue weighted by molar-refractivity contribution is 5.84. The van der Waals surface area contributed by atoms with Crippen molar-refractivity contribution in [1.82, 2.24) is 19.7 Å². The average Bonchev–Trinajstić information content (AvgIpc) is 3.27. The highest BCUT2D eigenvalue weighted by Crippen LogP contribution is 2.34. The van der Waals surface area contributed by atoms with Crippen molar-refractivity contribution in [3.63, 3.8) is 0 Å². The number of rotatable bonds is 10. The molecule has 3 aromatic rings. The molecular weight excluding hydrogens is 438 g/mol. The second-order valence-corrected chi connectivity index (χ2v) is 9.38. The van der Waals surface area contributed by atoms with Crippen molar-refractivity contribution in [2.75, 3.05) is 24.5 Å². The van der Waals surface area contributed by atoms with Crippen LogP contribution in [0.15, 0.2) is 65.7 Å². The molecule has 0 saturated carbocycles. The van der Waals surface area contributed by atoms with E-state index >= 15 is 0 Å². The lowest BCUT2D eigenvalue weighted by atomic mass is 9.79. The van der Waals surface area contributed by atoms with Crippen LogP contribution in [-0.2, 0) is 11.3 Å². The van der Waals surface area contributed by atoms with Gasteiger partial charge in [0.15, 0.2) is 0 Å². The Morgan fingerprint density at radius 2 is 1.69 bits per heavy atom. The summed E-state index contributed by atoms with van der Waals surface area (Å²) in [6, 6.07) is 18.3. The topological polar surface area (TPSA) is 72.2 Å². The van der Waals surface area contributed by atoms with Gasteiger partial charge in [-0.25, -0.2) is 14.0 Å². The molecule has 2 heterocycles. The van der Waals surface area contributed by atoms with E-state index in [1.807, 2.05) is 30.3 Å². The molecule has 186 valence electrons. The van der Waals surface area contributed by atoms with Gasteiger partial charge in [0.05, 0.1) is 11.6 Å². The largest absolute Gasteiger partial charge is 0.372 e. The Balaban J connectivity index is 1.42. The van der Waals surface area contributed by atoms with Gasteiger partial charge in [-0.3, -0.25) is 4.79 Å². The highest BCUT2D eigenvalue weighted by atomic mass is 16.2. The highest BCUT2D eigenvalue weighted by Gasteiger charge is 2.32. The smallest absolute Gasteiger partial charge is 0.350 e. The third kappa shape index (κ3) is 5.84. The summed E-state index contributed by atoms with van der Waals surface area (Å²) < 4.78 is 3.13. The molecule has 35 heavy (non-hydrogen) atoms. The molecule has 4 rings (SSSR count). The van der Waals surface area contributed by atoms with E-state index in [-0.39, 0.29) is 17.5 Å². The number of carbonyl (C=O) groups is 1. The maximum absolute atomic E-state index is 13.1. The van der Waals surface area contributed by atoms with Crippen LogP contribution in [-0.4, -0.2) is 39.9 Å². The molecule has 2 aromatic carbocycles. The van der Waals surface area contributed by atoms with Crippen LogP contribution in [0.2, 0.25) is 0 Å². The number of amides is 1. The van der Waals surface area contributed by atoms with Gasteiger partial charge in [0.25, 0.3) is 0 Å². The first-order chi connectivity index (χ1) is 17.1. The molecule has 1 aromatic heterocycles. The number of anilines is 1. The van der Waals surface area contributed by atoms with Gasteiger partial charge >= 0.3 is 5.69 Å². The zero-order chi connectivity index (χ0) is 24.6. The van der Waals surface area contributed by atoms with Gasteiger partial charge in [0.1, 0.15) is 6.33 Å². The second-order valence-electron chi connectivity index (χ2n) is 9.38. The molecule has 0 bridgehead atoms. The Hall–Kier alpha value is -3.35. The standard InChI is InChI=1S/C28H37N5O2/c1-3-5-18-33-28(35)32(21-30-33)25-13-11-24(12-14-25)31-19-15-23(16-20-31)26(27(34)29-17-4-2)22-9-7-6-8-10-22/h6-14,21,23,26H,3-5,15-20H2,1-2H3,(H,29,34). The maximum Gasteiger partial charge on any atom is 0.350 e. The molecule has 0 spiro atoms. The summed E-state index contributed by atoms with van der Waals surface area (Å²) in [5.74, 6) is 0.353. The molecule has 1 atom stereocenters. The number of hydrogen-bond acceptors (Lipinski definition) is 4. The minimum absolute atomic E-state index is 0.0969. The quantitative estimate of drug-likeness (QED) is 0.473. The zero-order valence-electron chi connectivity index (χ0n) is 20.9. The molecule has 1 amide bonds. The SMILES string of the molecule is CCCCn1ncn(-c2ccc(N3CCC(C(C(=O)NCCC)c4ccccc4)CC3)cc2)c1=O.